The van der Waals surface area contributed by atoms with Crippen LogP contribution in [-0.4, -0.2) is 47.9 Å². The number of rotatable bonds is 5. The van der Waals surface area contributed by atoms with Gasteiger partial charge in [0.05, 0.1) is 12.1 Å². The quantitative estimate of drug-likeness (QED) is 0.616. The summed E-state index contributed by atoms with van der Waals surface area (Å²) in [5, 5.41) is 3.12. The topological polar surface area (TPSA) is 54.5 Å². The lowest BCUT2D eigenvalue weighted by Crippen LogP contribution is -2.46. The number of likely N-dealkylation sites (N-methyl/N-ethyl adjacent to an activating group) is 1. The number of likely N-dealkylation sites (tertiary alicyclic amines) is 1. The summed E-state index contributed by atoms with van der Waals surface area (Å²) in [6.07, 6.45) is 1.36. The van der Waals surface area contributed by atoms with E-state index < -0.39 is 23.8 Å². The van der Waals surface area contributed by atoms with Crippen molar-refractivity contribution in [3.05, 3.63) is 58.5 Å². The van der Waals surface area contributed by atoms with Crippen molar-refractivity contribution in [2.75, 3.05) is 20.1 Å². The monoisotopic (exact) mass is 435 g/mol. The molecule has 30 heavy (non-hydrogen) atoms. The molecule has 1 aliphatic rings. The van der Waals surface area contributed by atoms with Crippen LogP contribution in [0.25, 0.3) is 10.1 Å². The second kappa shape index (κ2) is 7.88. The molecule has 158 valence electrons. The van der Waals surface area contributed by atoms with Crippen LogP contribution in [0.2, 0.25) is 0 Å². The molecule has 0 saturated carbocycles. The molecule has 1 saturated heterocycles. The molecule has 1 amide bonds. The molecule has 3 heterocycles. The van der Waals surface area contributed by atoms with Crippen molar-refractivity contribution in [1.82, 2.24) is 15.2 Å². The van der Waals surface area contributed by atoms with Crippen molar-refractivity contribution >= 4 is 27.3 Å². The maximum Gasteiger partial charge on any atom is 0.281 e. The second-order valence-electron chi connectivity index (χ2n) is 7.42. The van der Waals surface area contributed by atoms with Crippen molar-refractivity contribution in [2.45, 2.75) is 25.5 Å². The van der Waals surface area contributed by atoms with Gasteiger partial charge in [0.2, 0.25) is 5.95 Å². The van der Waals surface area contributed by atoms with Gasteiger partial charge in [-0.15, -0.1) is 11.3 Å². The Morgan fingerprint density at radius 3 is 2.90 bits per heavy atom. The maximum atomic E-state index is 14.1. The molecule has 9 heteroatoms. The van der Waals surface area contributed by atoms with Crippen LogP contribution in [0.15, 0.2) is 36.5 Å². The van der Waals surface area contributed by atoms with Gasteiger partial charge < -0.3 is 10.1 Å². The lowest BCUT2D eigenvalue weighted by atomic mass is 10.1. The van der Waals surface area contributed by atoms with Crippen LogP contribution >= 0.6 is 11.3 Å². The van der Waals surface area contributed by atoms with E-state index in [1.807, 2.05) is 0 Å². The molecule has 0 aliphatic carbocycles. The highest BCUT2D eigenvalue weighted by Crippen LogP contribution is 2.34. The van der Waals surface area contributed by atoms with Crippen LogP contribution in [0.1, 0.15) is 20.8 Å². The van der Waals surface area contributed by atoms with Gasteiger partial charge in [0.15, 0.2) is 0 Å². The lowest BCUT2D eigenvalue weighted by molar-refractivity contribution is -0.00819. The number of halogens is 3. The van der Waals surface area contributed by atoms with Gasteiger partial charge in [-0.2, -0.15) is 4.39 Å². The number of pyridine rings is 1. The summed E-state index contributed by atoms with van der Waals surface area (Å²) in [5.41, 5.74) is 0.669. The van der Waals surface area contributed by atoms with E-state index >= 15 is 0 Å². The first-order chi connectivity index (χ1) is 14.2. The van der Waals surface area contributed by atoms with Gasteiger partial charge in [-0.25, -0.2) is 13.8 Å². The molecule has 1 atom stereocenters. The number of ether oxygens (including phenoxy) is 1. The molecule has 1 aromatic carbocycles. The van der Waals surface area contributed by atoms with E-state index in [-0.39, 0.29) is 19.7 Å². The Bertz CT molecular complexity index is 1100. The summed E-state index contributed by atoms with van der Waals surface area (Å²) in [4.78, 5) is 18.7. The number of benzene rings is 1. The molecule has 4 rings (SSSR count). The Hall–Kier alpha value is -2.65. The summed E-state index contributed by atoms with van der Waals surface area (Å²) in [7, 11) is 1.60. The van der Waals surface area contributed by atoms with Crippen LogP contribution in [0.5, 0.6) is 5.75 Å². The smallest absolute Gasteiger partial charge is 0.281 e. The van der Waals surface area contributed by atoms with Crippen molar-refractivity contribution in [3.8, 4) is 5.75 Å². The number of alkyl halides is 2. The number of amides is 1. The molecule has 1 N–H and O–H groups in total. The highest BCUT2D eigenvalue weighted by Gasteiger charge is 2.47. The maximum absolute atomic E-state index is 14.1. The molecule has 1 unspecified atom stereocenters. The van der Waals surface area contributed by atoms with Gasteiger partial charge in [-0.3, -0.25) is 9.69 Å². The van der Waals surface area contributed by atoms with Gasteiger partial charge in [-0.05, 0) is 44.3 Å². The Kier molecular flexibility index (Phi) is 5.42. The van der Waals surface area contributed by atoms with Crippen molar-refractivity contribution < 1.29 is 22.7 Å². The van der Waals surface area contributed by atoms with Crippen LogP contribution in [0.4, 0.5) is 13.2 Å². The minimum absolute atomic E-state index is 0.0174. The molecule has 0 spiro atoms. The molecule has 3 aromatic rings. The van der Waals surface area contributed by atoms with Crippen LogP contribution in [0, 0.1) is 12.9 Å². The van der Waals surface area contributed by atoms with E-state index in [2.05, 4.69) is 10.3 Å². The second-order valence-corrected chi connectivity index (χ2v) is 8.67. The molecule has 5 nitrogen and oxygen atoms in total. The number of aryl methyl sites for hydroxylation is 1. The van der Waals surface area contributed by atoms with E-state index in [0.717, 1.165) is 9.58 Å². The summed E-state index contributed by atoms with van der Waals surface area (Å²) in [5.74, 6) is -3.67. The van der Waals surface area contributed by atoms with Crippen LogP contribution < -0.4 is 10.1 Å². The Morgan fingerprint density at radius 1 is 1.40 bits per heavy atom. The largest absolute Gasteiger partial charge is 0.489 e. The molecule has 1 aliphatic heterocycles. The number of aromatic nitrogens is 1. The lowest BCUT2D eigenvalue weighted by Gasteiger charge is -2.19. The van der Waals surface area contributed by atoms with E-state index in [1.165, 1.54) is 22.4 Å². The van der Waals surface area contributed by atoms with Crippen LogP contribution in [0.3, 0.4) is 0 Å². The number of hydrogen-bond donors (Lipinski definition) is 1. The molecule has 0 radical (unpaired) electrons. The van der Waals surface area contributed by atoms with Gasteiger partial charge in [0.1, 0.15) is 18.4 Å². The number of carbonyl (C=O) groups is 1. The predicted molar refractivity (Wildman–Crippen MR) is 109 cm³/mol. The number of thiophene rings is 1. The van der Waals surface area contributed by atoms with E-state index in [0.29, 0.717) is 22.3 Å². The number of nitrogens with one attached hydrogen (secondary N) is 1. The number of nitrogens with zero attached hydrogens (tertiary/aromatic N) is 2. The third-order valence-electron chi connectivity index (χ3n) is 5.08. The molecule has 2 aromatic heterocycles. The van der Waals surface area contributed by atoms with Gasteiger partial charge >= 0.3 is 0 Å². The molecular formula is C21H20F3N3O2S. The van der Waals surface area contributed by atoms with Crippen molar-refractivity contribution in [2.24, 2.45) is 0 Å². The van der Waals surface area contributed by atoms with Gasteiger partial charge in [0, 0.05) is 33.3 Å². The van der Waals surface area contributed by atoms with Crippen molar-refractivity contribution in [3.63, 3.8) is 0 Å². The number of fused-ring (bicyclic) bond motifs is 1. The first-order valence-electron chi connectivity index (χ1n) is 9.37. The first-order valence-corrected chi connectivity index (χ1v) is 10.2. The zero-order valence-corrected chi connectivity index (χ0v) is 17.2. The summed E-state index contributed by atoms with van der Waals surface area (Å²) in [6, 6.07) is 7.17. The zero-order chi connectivity index (χ0) is 21.5. The number of carbonyl (C=O) groups excluding carboxylic acids is 1. The van der Waals surface area contributed by atoms with E-state index in [4.69, 9.17) is 4.74 Å². The first kappa shape index (κ1) is 20.6. The molecule has 0 bridgehead atoms. The van der Waals surface area contributed by atoms with Crippen LogP contribution in [-0.2, 0) is 6.61 Å². The minimum Gasteiger partial charge on any atom is -0.489 e. The van der Waals surface area contributed by atoms with Gasteiger partial charge in [-0.1, -0.05) is 0 Å². The fraction of sp³-hybridized carbons (Fsp3) is 0.333. The molecular weight excluding hydrogens is 415 g/mol. The fourth-order valence-electron chi connectivity index (χ4n) is 3.62. The standard InChI is InChI=1S/C21H20F3N3O2S/c1-12-18(20(28)26-17-9-27(2)11-21(17,23)24)15-8-14(5-6-16(15)30-12)29-10-13-4-3-7-25-19(13)22/h3-8,17H,9-11H2,1-2H3,(H,26,28). The Morgan fingerprint density at radius 2 is 2.20 bits per heavy atom. The molecule has 1 fully saturated rings. The normalized spacial score (nSPS) is 18.6. The summed E-state index contributed by atoms with van der Waals surface area (Å²) in [6.45, 7) is 1.47. The fourth-order valence-corrected chi connectivity index (χ4v) is 4.66. The summed E-state index contributed by atoms with van der Waals surface area (Å²) >= 11 is 1.41. The zero-order valence-electron chi connectivity index (χ0n) is 16.4. The van der Waals surface area contributed by atoms with E-state index in [9.17, 15) is 18.0 Å². The average Bonchev–Trinajstić information content (AvgIpc) is 3.14. The predicted octanol–water partition coefficient (Wildman–Crippen LogP) is 4.00. The average molecular weight is 435 g/mol. The third-order valence-corrected chi connectivity index (χ3v) is 6.17. The highest BCUT2D eigenvalue weighted by atomic mass is 32.1. The third kappa shape index (κ3) is 3.99. The van der Waals surface area contributed by atoms with Crippen molar-refractivity contribution in [1.29, 1.82) is 0 Å². The summed E-state index contributed by atoms with van der Waals surface area (Å²) < 4.78 is 48.5. The minimum atomic E-state index is -2.98. The van der Waals surface area contributed by atoms with E-state index in [1.54, 1.807) is 44.3 Å². The Labute approximate surface area is 175 Å². The van der Waals surface area contributed by atoms with Gasteiger partial charge in [0.25, 0.3) is 11.8 Å². The Balaban J connectivity index is 1.57. The SMILES string of the molecule is Cc1sc2ccc(OCc3cccnc3F)cc2c1C(=O)NC1CN(C)CC1(F)F. The number of hydrogen-bond acceptors (Lipinski definition) is 5. The highest BCUT2D eigenvalue weighted by molar-refractivity contribution is 7.19.